The van der Waals surface area contributed by atoms with Gasteiger partial charge in [-0.15, -0.1) is 0 Å². The lowest BCUT2D eigenvalue weighted by molar-refractivity contribution is 0.414. The van der Waals surface area contributed by atoms with Crippen LogP contribution in [0.4, 0.5) is 10.1 Å². The number of halogens is 1. The van der Waals surface area contributed by atoms with Crippen LogP contribution in [-0.2, 0) is 6.54 Å². The van der Waals surface area contributed by atoms with Crippen LogP contribution in [0.2, 0.25) is 19.6 Å². The number of nitrogens with one attached hydrogen (secondary N) is 1. The second-order valence-electron chi connectivity index (χ2n) is 6.15. The first-order valence-corrected chi connectivity index (χ1v) is 10.6. The van der Waals surface area contributed by atoms with Crippen LogP contribution >= 0.6 is 0 Å². The summed E-state index contributed by atoms with van der Waals surface area (Å²) < 4.78 is 18.8. The molecule has 1 N–H and O–H groups in total. The van der Waals surface area contributed by atoms with E-state index in [1.807, 2.05) is 0 Å². The zero-order valence-corrected chi connectivity index (χ0v) is 14.0. The van der Waals surface area contributed by atoms with E-state index >= 15 is 0 Å². The maximum Gasteiger partial charge on any atom is 0.146 e. The molecular formula is C17H22FNOSi. The van der Waals surface area contributed by atoms with E-state index in [2.05, 4.69) is 49.2 Å². The molecule has 112 valence electrons. The topological polar surface area (TPSA) is 21.3 Å². The third-order valence-electron chi connectivity index (χ3n) is 3.48. The summed E-state index contributed by atoms with van der Waals surface area (Å²) in [6.45, 7) is 7.57. The monoisotopic (exact) mass is 303 g/mol. The smallest absolute Gasteiger partial charge is 0.146 e. The van der Waals surface area contributed by atoms with Gasteiger partial charge in [0.05, 0.1) is 20.9 Å². The largest absolute Gasteiger partial charge is 0.497 e. The Morgan fingerprint density at radius 2 is 1.71 bits per heavy atom. The number of anilines is 1. The molecular weight excluding hydrogens is 281 g/mol. The lowest BCUT2D eigenvalue weighted by Crippen LogP contribution is -2.37. The van der Waals surface area contributed by atoms with Gasteiger partial charge >= 0.3 is 0 Å². The highest BCUT2D eigenvalue weighted by Gasteiger charge is 2.15. The van der Waals surface area contributed by atoms with Crippen molar-refractivity contribution in [3.63, 3.8) is 0 Å². The van der Waals surface area contributed by atoms with Gasteiger partial charge in [0, 0.05) is 12.6 Å². The van der Waals surface area contributed by atoms with Gasteiger partial charge < -0.3 is 10.1 Å². The van der Waals surface area contributed by atoms with E-state index in [-0.39, 0.29) is 5.82 Å². The highest BCUT2D eigenvalue weighted by Crippen LogP contribution is 2.21. The van der Waals surface area contributed by atoms with Gasteiger partial charge in [-0.1, -0.05) is 49.1 Å². The summed E-state index contributed by atoms with van der Waals surface area (Å²) in [4.78, 5) is 0. The normalized spacial score (nSPS) is 11.3. The Hall–Kier alpha value is -1.81. The minimum absolute atomic E-state index is 0.269. The maximum absolute atomic E-state index is 13.7. The Morgan fingerprint density at radius 3 is 2.29 bits per heavy atom. The average Bonchev–Trinajstić information content (AvgIpc) is 2.46. The third-order valence-corrected chi connectivity index (χ3v) is 5.54. The summed E-state index contributed by atoms with van der Waals surface area (Å²) in [5.74, 6) is 0.377. The lowest BCUT2D eigenvalue weighted by Gasteiger charge is -2.17. The van der Waals surface area contributed by atoms with Crippen molar-refractivity contribution in [2.45, 2.75) is 26.2 Å². The molecule has 0 saturated heterocycles. The number of ether oxygens (including phenoxy) is 1. The molecule has 2 aromatic carbocycles. The van der Waals surface area contributed by atoms with E-state index in [1.54, 1.807) is 19.2 Å². The molecule has 0 aliphatic rings. The number of hydrogen-bond acceptors (Lipinski definition) is 2. The maximum atomic E-state index is 13.7. The Balaban J connectivity index is 2.06. The fraction of sp³-hybridized carbons (Fsp3) is 0.294. The Bertz CT molecular complexity index is 605. The van der Waals surface area contributed by atoms with Crippen LogP contribution in [0.1, 0.15) is 5.56 Å². The van der Waals surface area contributed by atoms with Gasteiger partial charge in [0.1, 0.15) is 11.6 Å². The van der Waals surface area contributed by atoms with E-state index in [4.69, 9.17) is 4.74 Å². The zero-order valence-electron chi connectivity index (χ0n) is 13.0. The van der Waals surface area contributed by atoms with Crippen LogP contribution in [0.15, 0.2) is 42.5 Å². The van der Waals surface area contributed by atoms with E-state index in [0.717, 1.165) is 5.56 Å². The van der Waals surface area contributed by atoms with Crippen molar-refractivity contribution in [2.24, 2.45) is 0 Å². The van der Waals surface area contributed by atoms with Crippen LogP contribution in [0.5, 0.6) is 5.75 Å². The van der Waals surface area contributed by atoms with Crippen molar-refractivity contribution in [3.8, 4) is 5.75 Å². The zero-order chi connectivity index (χ0) is 15.5. The summed E-state index contributed by atoms with van der Waals surface area (Å²) in [5.41, 5.74) is 1.60. The van der Waals surface area contributed by atoms with Crippen LogP contribution in [0.25, 0.3) is 0 Å². The molecule has 0 fully saturated rings. The molecule has 0 bridgehead atoms. The second kappa shape index (κ2) is 6.31. The quantitative estimate of drug-likeness (QED) is 0.843. The molecule has 0 amide bonds. The van der Waals surface area contributed by atoms with E-state index < -0.39 is 8.07 Å². The molecule has 0 aliphatic heterocycles. The summed E-state index contributed by atoms with van der Waals surface area (Å²) in [5, 5.41) is 4.55. The summed E-state index contributed by atoms with van der Waals surface area (Å²) in [7, 11) is 0.314. The molecule has 0 heterocycles. The number of rotatable bonds is 5. The van der Waals surface area contributed by atoms with E-state index in [0.29, 0.717) is 18.0 Å². The fourth-order valence-corrected chi connectivity index (χ4v) is 3.25. The van der Waals surface area contributed by atoms with Gasteiger partial charge in [0.15, 0.2) is 0 Å². The number of methoxy groups -OCH3 is 1. The molecule has 0 unspecified atom stereocenters. The van der Waals surface area contributed by atoms with E-state index in [1.165, 1.54) is 11.3 Å². The summed E-state index contributed by atoms with van der Waals surface area (Å²) in [6, 6.07) is 13.3. The molecule has 4 heteroatoms. The van der Waals surface area contributed by atoms with Crippen molar-refractivity contribution in [1.29, 1.82) is 0 Å². The van der Waals surface area contributed by atoms with Gasteiger partial charge in [0.25, 0.3) is 0 Å². The molecule has 0 aliphatic carbocycles. The van der Waals surface area contributed by atoms with Crippen molar-refractivity contribution in [1.82, 2.24) is 0 Å². The summed E-state index contributed by atoms with van der Waals surface area (Å²) in [6.07, 6.45) is 0. The molecule has 0 spiro atoms. The molecule has 0 atom stereocenters. The molecule has 0 aromatic heterocycles. The first-order valence-electron chi connectivity index (χ1n) is 7.07. The number of hydrogen-bond donors (Lipinski definition) is 1. The van der Waals surface area contributed by atoms with Crippen LogP contribution in [0.3, 0.4) is 0 Å². The van der Waals surface area contributed by atoms with Gasteiger partial charge in [0.2, 0.25) is 0 Å². The van der Waals surface area contributed by atoms with Gasteiger partial charge in [-0.2, -0.15) is 0 Å². The Morgan fingerprint density at radius 1 is 1.05 bits per heavy atom. The first kappa shape index (κ1) is 15.6. The lowest BCUT2D eigenvalue weighted by atomic mass is 10.2. The third kappa shape index (κ3) is 4.08. The van der Waals surface area contributed by atoms with Crippen molar-refractivity contribution in [3.05, 3.63) is 53.8 Å². The van der Waals surface area contributed by atoms with Crippen LogP contribution in [-0.4, -0.2) is 15.2 Å². The predicted molar refractivity (Wildman–Crippen MR) is 89.7 cm³/mol. The molecule has 21 heavy (non-hydrogen) atoms. The second-order valence-corrected chi connectivity index (χ2v) is 11.2. The fourth-order valence-electron chi connectivity index (χ4n) is 2.09. The molecule has 2 nitrogen and oxygen atoms in total. The minimum Gasteiger partial charge on any atom is -0.497 e. The van der Waals surface area contributed by atoms with Gasteiger partial charge in [-0.25, -0.2) is 4.39 Å². The minimum atomic E-state index is -1.26. The van der Waals surface area contributed by atoms with E-state index in [9.17, 15) is 4.39 Å². The van der Waals surface area contributed by atoms with Crippen molar-refractivity contribution < 1.29 is 9.13 Å². The standard InChI is InChI=1S/C17H22FNOSi/c1-20-14-7-10-16(18)17(11-14)19-12-13-5-8-15(9-6-13)21(2,3)4/h5-11,19H,12H2,1-4H3. The van der Waals surface area contributed by atoms with Crippen LogP contribution in [0, 0.1) is 5.82 Å². The van der Waals surface area contributed by atoms with Crippen molar-refractivity contribution >= 4 is 18.9 Å². The average molecular weight is 303 g/mol. The number of benzene rings is 2. The Kier molecular flexibility index (Phi) is 4.68. The highest BCUT2D eigenvalue weighted by molar-refractivity contribution is 6.88. The van der Waals surface area contributed by atoms with Crippen LogP contribution < -0.4 is 15.2 Å². The Labute approximate surface area is 127 Å². The molecule has 0 saturated carbocycles. The first-order chi connectivity index (χ1) is 9.90. The van der Waals surface area contributed by atoms with Gasteiger partial charge in [-0.05, 0) is 17.7 Å². The molecule has 2 rings (SSSR count). The van der Waals surface area contributed by atoms with Gasteiger partial charge in [-0.3, -0.25) is 0 Å². The summed E-state index contributed by atoms with van der Waals surface area (Å²) >= 11 is 0. The molecule has 2 aromatic rings. The molecule has 0 radical (unpaired) electrons. The highest BCUT2D eigenvalue weighted by atomic mass is 28.3. The SMILES string of the molecule is COc1ccc(F)c(NCc2ccc([Si](C)(C)C)cc2)c1. The predicted octanol–water partition coefficient (Wildman–Crippen LogP) is 3.99. The van der Waals surface area contributed by atoms with Crippen molar-refractivity contribution in [2.75, 3.05) is 12.4 Å².